The van der Waals surface area contributed by atoms with Crippen LogP contribution in [0.2, 0.25) is 0 Å². The van der Waals surface area contributed by atoms with Crippen LogP contribution in [0.15, 0.2) is 30.7 Å². The number of nitrogens with one attached hydrogen (secondary N) is 3. The van der Waals surface area contributed by atoms with E-state index in [1.54, 1.807) is 12.4 Å². The summed E-state index contributed by atoms with van der Waals surface area (Å²) in [5.41, 5.74) is 1.62. The first-order valence-electron chi connectivity index (χ1n) is 8.52. The van der Waals surface area contributed by atoms with E-state index in [0.717, 1.165) is 57.0 Å². The quantitative estimate of drug-likeness (QED) is 0.638. The molecule has 128 valence electrons. The van der Waals surface area contributed by atoms with Crippen LogP contribution in [0.3, 0.4) is 0 Å². The summed E-state index contributed by atoms with van der Waals surface area (Å²) in [6.45, 7) is 4.16. The fourth-order valence-corrected chi connectivity index (χ4v) is 2.72. The van der Waals surface area contributed by atoms with Gasteiger partial charge in [-0.05, 0) is 31.4 Å². The van der Waals surface area contributed by atoms with Crippen molar-refractivity contribution in [2.75, 3.05) is 25.0 Å². The second kappa shape index (κ2) is 8.44. The smallest absolute Gasteiger partial charge is 0.271 e. The third-order valence-corrected chi connectivity index (χ3v) is 4.05. The molecule has 1 aliphatic heterocycles. The zero-order chi connectivity index (χ0) is 16.6. The van der Waals surface area contributed by atoms with E-state index in [0.29, 0.717) is 12.2 Å². The highest BCUT2D eigenvalue weighted by molar-refractivity contribution is 5.92. The predicted octanol–water partition coefficient (Wildman–Crippen LogP) is 1.39. The van der Waals surface area contributed by atoms with Gasteiger partial charge in [-0.1, -0.05) is 0 Å². The van der Waals surface area contributed by atoms with Crippen LogP contribution in [0.5, 0.6) is 0 Å². The average Bonchev–Trinajstić information content (AvgIpc) is 3.06. The molecular weight excluding hydrogens is 304 g/mol. The molecule has 24 heavy (non-hydrogen) atoms. The van der Waals surface area contributed by atoms with E-state index in [9.17, 15) is 4.79 Å². The van der Waals surface area contributed by atoms with Crippen molar-refractivity contribution in [2.24, 2.45) is 0 Å². The molecular formula is C17H24N6O. The summed E-state index contributed by atoms with van der Waals surface area (Å²) in [6.07, 6.45) is 8.52. The first kappa shape index (κ1) is 16.4. The van der Waals surface area contributed by atoms with Crippen LogP contribution < -0.4 is 16.0 Å². The molecule has 0 saturated carbocycles. The molecule has 7 nitrogen and oxygen atoms in total. The number of fused-ring (bicyclic) bond motifs is 1. The molecule has 3 rings (SSSR count). The van der Waals surface area contributed by atoms with Crippen LogP contribution in [-0.4, -0.2) is 40.1 Å². The first-order chi connectivity index (χ1) is 11.8. The molecule has 0 spiro atoms. The summed E-state index contributed by atoms with van der Waals surface area (Å²) in [5, 5.41) is 9.56. The van der Waals surface area contributed by atoms with E-state index < -0.39 is 0 Å². The monoisotopic (exact) mass is 328 g/mol. The van der Waals surface area contributed by atoms with Gasteiger partial charge in [-0.2, -0.15) is 0 Å². The SMILES string of the molecule is O=C(NCCCCCNc1ccncc1)c1cn2c(n1)CNCC2. The van der Waals surface area contributed by atoms with Crippen molar-refractivity contribution in [1.82, 2.24) is 25.2 Å². The Morgan fingerprint density at radius 2 is 2.04 bits per heavy atom. The second-order valence-electron chi connectivity index (χ2n) is 5.89. The zero-order valence-corrected chi connectivity index (χ0v) is 13.8. The third kappa shape index (κ3) is 4.55. The third-order valence-electron chi connectivity index (χ3n) is 4.05. The molecule has 0 atom stereocenters. The lowest BCUT2D eigenvalue weighted by Crippen LogP contribution is -2.27. The number of nitrogens with zero attached hydrogens (tertiary/aromatic N) is 3. The minimum atomic E-state index is -0.0770. The molecule has 2 aromatic rings. The van der Waals surface area contributed by atoms with E-state index in [-0.39, 0.29) is 5.91 Å². The summed E-state index contributed by atoms with van der Waals surface area (Å²) in [5.74, 6) is 0.861. The van der Waals surface area contributed by atoms with Crippen molar-refractivity contribution in [2.45, 2.75) is 32.4 Å². The fourth-order valence-electron chi connectivity index (χ4n) is 2.72. The Bertz CT molecular complexity index is 631. The Kier molecular flexibility index (Phi) is 5.79. The molecule has 0 bridgehead atoms. The molecule has 0 unspecified atom stereocenters. The number of unbranched alkanes of at least 4 members (excludes halogenated alkanes) is 2. The largest absolute Gasteiger partial charge is 0.385 e. The number of hydrogen-bond acceptors (Lipinski definition) is 5. The van der Waals surface area contributed by atoms with E-state index in [4.69, 9.17) is 0 Å². The number of rotatable bonds is 8. The van der Waals surface area contributed by atoms with E-state index >= 15 is 0 Å². The minimum absolute atomic E-state index is 0.0770. The maximum Gasteiger partial charge on any atom is 0.271 e. The maximum absolute atomic E-state index is 12.1. The number of imidazole rings is 1. The van der Waals surface area contributed by atoms with Crippen molar-refractivity contribution in [1.29, 1.82) is 0 Å². The Morgan fingerprint density at radius 1 is 1.21 bits per heavy atom. The number of hydrogen-bond donors (Lipinski definition) is 3. The number of carbonyl (C=O) groups is 1. The number of aromatic nitrogens is 3. The van der Waals surface area contributed by atoms with Crippen LogP contribution in [0.1, 0.15) is 35.6 Å². The topological polar surface area (TPSA) is 83.9 Å². The fraction of sp³-hybridized carbons (Fsp3) is 0.471. The van der Waals surface area contributed by atoms with Gasteiger partial charge in [-0.25, -0.2) is 4.98 Å². The van der Waals surface area contributed by atoms with Crippen LogP contribution in [-0.2, 0) is 13.1 Å². The average molecular weight is 328 g/mol. The van der Waals surface area contributed by atoms with Gasteiger partial charge in [0.2, 0.25) is 0 Å². The molecule has 0 radical (unpaired) electrons. The lowest BCUT2D eigenvalue weighted by atomic mass is 10.2. The molecule has 3 N–H and O–H groups in total. The van der Waals surface area contributed by atoms with Gasteiger partial charge in [-0.3, -0.25) is 9.78 Å². The number of amides is 1. The standard InChI is InChI=1S/C17H24N6O/c24-17(15-13-23-11-10-19-12-16(23)22-15)21-7-3-1-2-6-20-14-4-8-18-9-5-14/h4-5,8-9,13,19H,1-3,6-7,10-12H2,(H,18,20)(H,21,24). The van der Waals surface area contributed by atoms with Crippen molar-refractivity contribution in [3.8, 4) is 0 Å². The van der Waals surface area contributed by atoms with Gasteiger partial charge in [0.1, 0.15) is 11.5 Å². The van der Waals surface area contributed by atoms with Crippen LogP contribution in [0.4, 0.5) is 5.69 Å². The molecule has 0 aliphatic carbocycles. The van der Waals surface area contributed by atoms with E-state index in [1.807, 2.05) is 18.3 Å². The molecule has 2 aromatic heterocycles. The number of anilines is 1. The Morgan fingerprint density at radius 3 is 2.88 bits per heavy atom. The lowest BCUT2D eigenvalue weighted by molar-refractivity contribution is 0.0948. The lowest BCUT2D eigenvalue weighted by Gasteiger charge is -2.13. The Hall–Kier alpha value is -2.41. The van der Waals surface area contributed by atoms with Gasteiger partial charge < -0.3 is 20.5 Å². The van der Waals surface area contributed by atoms with Crippen LogP contribution >= 0.6 is 0 Å². The summed E-state index contributed by atoms with van der Waals surface area (Å²) in [6, 6.07) is 3.92. The highest BCUT2D eigenvalue weighted by Crippen LogP contribution is 2.07. The maximum atomic E-state index is 12.1. The van der Waals surface area contributed by atoms with Crippen molar-refractivity contribution >= 4 is 11.6 Å². The highest BCUT2D eigenvalue weighted by Gasteiger charge is 2.15. The Labute approximate surface area is 141 Å². The van der Waals surface area contributed by atoms with E-state index in [1.165, 1.54) is 0 Å². The van der Waals surface area contributed by atoms with Gasteiger partial charge in [-0.15, -0.1) is 0 Å². The van der Waals surface area contributed by atoms with Gasteiger partial charge in [0.15, 0.2) is 0 Å². The highest BCUT2D eigenvalue weighted by atomic mass is 16.1. The number of pyridine rings is 1. The molecule has 1 amide bonds. The molecule has 0 fully saturated rings. The van der Waals surface area contributed by atoms with E-state index in [2.05, 4.69) is 30.5 Å². The van der Waals surface area contributed by atoms with Crippen molar-refractivity contribution < 1.29 is 4.79 Å². The van der Waals surface area contributed by atoms with Crippen LogP contribution in [0, 0.1) is 0 Å². The van der Waals surface area contributed by atoms with Gasteiger partial charge in [0.05, 0.1) is 6.54 Å². The van der Waals surface area contributed by atoms with Crippen LogP contribution in [0.25, 0.3) is 0 Å². The van der Waals surface area contributed by atoms with Crippen molar-refractivity contribution in [3.05, 3.63) is 42.2 Å². The molecule has 7 heteroatoms. The zero-order valence-electron chi connectivity index (χ0n) is 13.8. The summed E-state index contributed by atoms with van der Waals surface area (Å²) in [4.78, 5) is 20.5. The summed E-state index contributed by atoms with van der Waals surface area (Å²) >= 11 is 0. The number of carbonyl (C=O) groups excluding carboxylic acids is 1. The molecule has 0 aromatic carbocycles. The van der Waals surface area contributed by atoms with Gasteiger partial charge >= 0.3 is 0 Å². The first-order valence-corrected chi connectivity index (χ1v) is 8.52. The Balaban J connectivity index is 1.29. The molecule has 3 heterocycles. The second-order valence-corrected chi connectivity index (χ2v) is 5.89. The summed E-state index contributed by atoms with van der Waals surface area (Å²) < 4.78 is 2.05. The molecule has 1 aliphatic rings. The summed E-state index contributed by atoms with van der Waals surface area (Å²) in [7, 11) is 0. The van der Waals surface area contributed by atoms with Gasteiger partial charge in [0.25, 0.3) is 5.91 Å². The normalized spacial score (nSPS) is 13.3. The molecule has 0 saturated heterocycles. The predicted molar refractivity (Wildman–Crippen MR) is 92.8 cm³/mol. The minimum Gasteiger partial charge on any atom is -0.385 e. The van der Waals surface area contributed by atoms with Gasteiger partial charge in [0, 0.05) is 50.5 Å². The van der Waals surface area contributed by atoms with Crippen molar-refractivity contribution in [3.63, 3.8) is 0 Å².